The third-order valence-corrected chi connectivity index (χ3v) is 6.81. The van der Waals surface area contributed by atoms with Crippen molar-refractivity contribution in [3.05, 3.63) is 102 Å². The van der Waals surface area contributed by atoms with E-state index in [2.05, 4.69) is 10.4 Å². The summed E-state index contributed by atoms with van der Waals surface area (Å²) in [5.41, 5.74) is 3.19. The van der Waals surface area contributed by atoms with Gasteiger partial charge in [-0.1, -0.05) is 29.8 Å². The Morgan fingerprint density at radius 2 is 1.72 bits per heavy atom. The maximum Gasteiger partial charge on any atom is 0.264 e. The van der Waals surface area contributed by atoms with Crippen LogP contribution >= 0.6 is 0 Å². The molecule has 0 spiro atoms. The lowest BCUT2D eigenvalue weighted by Gasteiger charge is -2.20. The maximum absolute atomic E-state index is 13.1. The van der Waals surface area contributed by atoms with Gasteiger partial charge in [-0.15, -0.1) is 0 Å². The van der Waals surface area contributed by atoms with Crippen molar-refractivity contribution in [1.82, 2.24) is 9.78 Å². The molecule has 1 amide bonds. The Labute approximate surface area is 187 Å². The summed E-state index contributed by atoms with van der Waals surface area (Å²) in [6.07, 6.45) is 3.48. The molecule has 1 N–H and O–H groups in total. The Morgan fingerprint density at radius 3 is 2.44 bits per heavy atom. The molecule has 0 unspecified atom stereocenters. The van der Waals surface area contributed by atoms with Gasteiger partial charge in [-0.05, 0) is 61.5 Å². The Hall–Kier alpha value is -3.91. The number of carbonyl (C=O) groups is 1. The van der Waals surface area contributed by atoms with Crippen molar-refractivity contribution in [2.75, 3.05) is 16.7 Å². The fourth-order valence-corrected chi connectivity index (χ4v) is 4.44. The van der Waals surface area contributed by atoms with Crippen LogP contribution in [0.25, 0.3) is 5.69 Å². The first-order valence-electron chi connectivity index (χ1n) is 9.92. The average Bonchev–Trinajstić information content (AvgIpc) is 3.34. The standard InChI is InChI=1S/C24H22N4O3S/c1-18-10-12-21(13-11-18)27(2)32(30,31)23-9-3-6-19(16-23)24(29)26-20-7-4-8-22(17-20)28-15-5-14-25-28/h3-17H,1-2H3,(H,26,29). The first-order valence-corrected chi connectivity index (χ1v) is 11.4. The number of hydrogen-bond acceptors (Lipinski definition) is 4. The third kappa shape index (κ3) is 4.40. The lowest BCUT2D eigenvalue weighted by atomic mass is 10.2. The number of nitrogens with zero attached hydrogens (tertiary/aromatic N) is 3. The summed E-state index contributed by atoms with van der Waals surface area (Å²) in [4.78, 5) is 12.9. The van der Waals surface area contributed by atoms with Crippen LogP contribution in [0.5, 0.6) is 0 Å². The molecule has 32 heavy (non-hydrogen) atoms. The lowest BCUT2D eigenvalue weighted by molar-refractivity contribution is 0.102. The minimum absolute atomic E-state index is 0.0403. The Morgan fingerprint density at radius 1 is 0.969 bits per heavy atom. The highest BCUT2D eigenvalue weighted by Crippen LogP contribution is 2.23. The van der Waals surface area contributed by atoms with E-state index in [1.54, 1.807) is 53.5 Å². The molecule has 4 aromatic rings. The number of rotatable bonds is 6. The molecule has 8 heteroatoms. The van der Waals surface area contributed by atoms with Crippen molar-refractivity contribution in [3.63, 3.8) is 0 Å². The van der Waals surface area contributed by atoms with Crippen LogP contribution in [0.4, 0.5) is 11.4 Å². The van der Waals surface area contributed by atoms with Crippen LogP contribution in [-0.2, 0) is 10.0 Å². The number of hydrogen-bond donors (Lipinski definition) is 1. The Kier molecular flexibility index (Phi) is 5.79. The number of amides is 1. The lowest BCUT2D eigenvalue weighted by Crippen LogP contribution is -2.26. The third-order valence-electron chi connectivity index (χ3n) is 5.03. The minimum Gasteiger partial charge on any atom is -0.322 e. The van der Waals surface area contributed by atoms with E-state index in [4.69, 9.17) is 0 Å². The normalized spacial score (nSPS) is 11.2. The average molecular weight is 447 g/mol. The van der Waals surface area contributed by atoms with Gasteiger partial charge < -0.3 is 5.32 Å². The monoisotopic (exact) mass is 446 g/mol. The van der Waals surface area contributed by atoms with E-state index < -0.39 is 15.9 Å². The van der Waals surface area contributed by atoms with Crippen molar-refractivity contribution < 1.29 is 13.2 Å². The van der Waals surface area contributed by atoms with Gasteiger partial charge in [0.05, 0.1) is 16.3 Å². The summed E-state index contributed by atoms with van der Waals surface area (Å²) in [6, 6.07) is 22.2. The number of carbonyl (C=O) groups excluding carboxylic acids is 1. The van der Waals surface area contributed by atoms with Gasteiger partial charge in [0.15, 0.2) is 0 Å². The van der Waals surface area contributed by atoms with Crippen LogP contribution in [0, 0.1) is 6.92 Å². The van der Waals surface area contributed by atoms with Gasteiger partial charge >= 0.3 is 0 Å². The Bertz CT molecular complexity index is 1350. The number of sulfonamides is 1. The van der Waals surface area contributed by atoms with Crippen LogP contribution in [-0.4, -0.2) is 31.2 Å². The highest BCUT2D eigenvalue weighted by molar-refractivity contribution is 7.92. The second-order valence-electron chi connectivity index (χ2n) is 7.29. The molecular formula is C24H22N4O3S. The molecule has 0 saturated heterocycles. The minimum atomic E-state index is -3.83. The first kappa shape index (κ1) is 21.3. The zero-order chi connectivity index (χ0) is 22.7. The van der Waals surface area contributed by atoms with Crippen molar-refractivity contribution in [2.24, 2.45) is 0 Å². The number of benzene rings is 3. The van der Waals surface area contributed by atoms with Gasteiger partial charge in [-0.3, -0.25) is 9.10 Å². The number of aryl methyl sites for hydroxylation is 1. The fourth-order valence-electron chi connectivity index (χ4n) is 3.20. The molecule has 0 atom stereocenters. The molecule has 0 bridgehead atoms. The van der Waals surface area contributed by atoms with Crippen molar-refractivity contribution in [2.45, 2.75) is 11.8 Å². The van der Waals surface area contributed by atoms with Crippen LogP contribution < -0.4 is 9.62 Å². The molecule has 0 aliphatic carbocycles. The fraction of sp³-hybridized carbons (Fsp3) is 0.0833. The molecule has 4 rings (SSSR count). The highest BCUT2D eigenvalue weighted by Gasteiger charge is 2.22. The largest absolute Gasteiger partial charge is 0.322 e. The zero-order valence-electron chi connectivity index (χ0n) is 17.6. The van der Waals surface area contributed by atoms with Crippen LogP contribution in [0.15, 0.2) is 96.2 Å². The molecule has 0 aliphatic rings. The van der Waals surface area contributed by atoms with Gasteiger partial charge in [0.1, 0.15) is 0 Å². The number of nitrogens with one attached hydrogen (secondary N) is 1. The number of anilines is 2. The molecule has 1 aromatic heterocycles. The SMILES string of the molecule is Cc1ccc(N(C)S(=O)(=O)c2cccc(C(=O)Nc3cccc(-n4cccn4)c3)c2)cc1. The van der Waals surface area contributed by atoms with E-state index >= 15 is 0 Å². The van der Waals surface area contributed by atoms with Gasteiger partial charge in [-0.25, -0.2) is 13.1 Å². The summed E-state index contributed by atoms with van der Waals surface area (Å²) < 4.78 is 29.1. The van der Waals surface area contributed by atoms with E-state index in [1.807, 2.05) is 37.3 Å². The van der Waals surface area contributed by atoms with E-state index in [1.165, 1.54) is 23.5 Å². The maximum atomic E-state index is 13.1. The van der Waals surface area contributed by atoms with Crippen molar-refractivity contribution in [3.8, 4) is 5.69 Å². The number of aromatic nitrogens is 2. The topological polar surface area (TPSA) is 84.3 Å². The molecule has 1 heterocycles. The molecule has 0 aliphatic heterocycles. The van der Waals surface area contributed by atoms with E-state index in [-0.39, 0.29) is 10.5 Å². The summed E-state index contributed by atoms with van der Waals surface area (Å²) in [7, 11) is -2.33. The Balaban J connectivity index is 1.57. The molecule has 0 radical (unpaired) electrons. The molecule has 162 valence electrons. The quantitative estimate of drug-likeness (QED) is 0.480. The second-order valence-corrected chi connectivity index (χ2v) is 9.26. The molecular weight excluding hydrogens is 424 g/mol. The molecule has 0 saturated carbocycles. The zero-order valence-corrected chi connectivity index (χ0v) is 18.5. The van der Waals surface area contributed by atoms with Crippen LogP contribution in [0.1, 0.15) is 15.9 Å². The molecule has 0 fully saturated rings. The van der Waals surface area contributed by atoms with E-state index in [0.29, 0.717) is 11.4 Å². The predicted molar refractivity (Wildman–Crippen MR) is 125 cm³/mol. The van der Waals surface area contributed by atoms with Gasteiger partial charge in [-0.2, -0.15) is 5.10 Å². The predicted octanol–water partition coefficient (Wildman–Crippen LogP) is 4.26. The van der Waals surface area contributed by atoms with Gasteiger partial charge in [0.2, 0.25) is 0 Å². The van der Waals surface area contributed by atoms with Crippen LogP contribution in [0.2, 0.25) is 0 Å². The van der Waals surface area contributed by atoms with Crippen molar-refractivity contribution in [1.29, 1.82) is 0 Å². The van der Waals surface area contributed by atoms with Gasteiger partial charge in [0, 0.05) is 30.7 Å². The second kappa shape index (κ2) is 8.68. The summed E-state index contributed by atoms with van der Waals surface area (Å²) in [5.74, 6) is -0.405. The van der Waals surface area contributed by atoms with E-state index in [0.717, 1.165) is 11.3 Å². The molecule has 3 aromatic carbocycles. The van der Waals surface area contributed by atoms with E-state index in [9.17, 15) is 13.2 Å². The summed E-state index contributed by atoms with van der Waals surface area (Å²) in [6.45, 7) is 1.94. The van der Waals surface area contributed by atoms with Crippen LogP contribution in [0.3, 0.4) is 0 Å². The highest BCUT2D eigenvalue weighted by atomic mass is 32.2. The first-order chi connectivity index (χ1) is 15.3. The summed E-state index contributed by atoms with van der Waals surface area (Å²) >= 11 is 0. The smallest absolute Gasteiger partial charge is 0.264 e. The van der Waals surface area contributed by atoms with Crippen molar-refractivity contribution >= 4 is 27.3 Å². The molecule has 7 nitrogen and oxygen atoms in total. The van der Waals surface area contributed by atoms with Gasteiger partial charge in [0.25, 0.3) is 15.9 Å². The summed E-state index contributed by atoms with van der Waals surface area (Å²) in [5, 5.41) is 7.00.